The van der Waals surface area contributed by atoms with Gasteiger partial charge < -0.3 is 10.6 Å². The van der Waals surface area contributed by atoms with E-state index in [1.54, 1.807) is 0 Å². The first-order valence-corrected chi connectivity index (χ1v) is 7.60. The van der Waals surface area contributed by atoms with Gasteiger partial charge in [-0.3, -0.25) is 4.79 Å². The Kier molecular flexibility index (Phi) is 4.34. The van der Waals surface area contributed by atoms with Gasteiger partial charge in [0.2, 0.25) is 5.91 Å². The molecule has 0 spiro atoms. The van der Waals surface area contributed by atoms with Crippen molar-refractivity contribution in [1.82, 2.24) is 10.6 Å². The van der Waals surface area contributed by atoms with E-state index in [1.807, 2.05) is 6.92 Å². The molecule has 1 heterocycles. The molecule has 3 heteroatoms. The second kappa shape index (κ2) is 5.66. The lowest BCUT2D eigenvalue weighted by Crippen LogP contribution is -2.47. The molecular formula is C16H28N2O. The summed E-state index contributed by atoms with van der Waals surface area (Å²) in [7, 11) is 0. The standard InChI is InChI=1S/C16H28N2O/c1-11(12-9-17-10-12)15(19)18-14-8-6-5-7-13(14)16(2,3)4/h13-14,17H,5-10H2,1-4H3,(H,18,19). The Morgan fingerprint density at radius 2 is 1.84 bits per heavy atom. The van der Waals surface area contributed by atoms with E-state index in [0.29, 0.717) is 12.0 Å². The molecule has 1 aliphatic heterocycles. The summed E-state index contributed by atoms with van der Waals surface area (Å²) in [6, 6.07) is 0.352. The average molecular weight is 264 g/mol. The minimum Gasteiger partial charge on any atom is -0.349 e. The van der Waals surface area contributed by atoms with E-state index in [4.69, 9.17) is 0 Å². The van der Waals surface area contributed by atoms with Crippen LogP contribution in [0.5, 0.6) is 0 Å². The van der Waals surface area contributed by atoms with Gasteiger partial charge in [0.25, 0.3) is 0 Å². The van der Waals surface area contributed by atoms with Gasteiger partial charge >= 0.3 is 0 Å². The van der Waals surface area contributed by atoms with Crippen molar-refractivity contribution in [1.29, 1.82) is 0 Å². The topological polar surface area (TPSA) is 41.1 Å². The number of hydrogen-bond donors (Lipinski definition) is 2. The van der Waals surface area contributed by atoms with Crippen molar-refractivity contribution in [3.05, 3.63) is 11.1 Å². The zero-order valence-electron chi connectivity index (χ0n) is 12.8. The number of carbonyl (C=O) groups excluding carboxylic acids is 1. The predicted octanol–water partition coefficient (Wildman–Crippen LogP) is 2.63. The minimum absolute atomic E-state index is 0.151. The first-order chi connectivity index (χ1) is 8.89. The highest BCUT2D eigenvalue weighted by Gasteiger charge is 2.35. The van der Waals surface area contributed by atoms with Crippen molar-refractivity contribution in [2.45, 2.75) is 59.4 Å². The zero-order valence-corrected chi connectivity index (χ0v) is 12.8. The fourth-order valence-electron chi connectivity index (χ4n) is 3.29. The smallest absolute Gasteiger partial charge is 0.247 e. The van der Waals surface area contributed by atoms with E-state index in [1.165, 1.54) is 24.8 Å². The van der Waals surface area contributed by atoms with E-state index in [-0.39, 0.29) is 11.3 Å². The van der Waals surface area contributed by atoms with Crippen LogP contribution in [0.3, 0.4) is 0 Å². The lowest BCUT2D eigenvalue weighted by molar-refractivity contribution is -0.119. The lowest BCUT2D eigenvalue weighted by Gasteiger charge is -2.41. The van der Waals surface area contributed by atoms with Crippen LogP contribution in [0.25, 0.3) is 0 Å². The maximum atomic E-state index is 12.3. The quantitative estimate of drug-likeness (QED) is 0.753. The third-order valence-corrected chi connectivity index (χ3v) is 4.74. The Balaban J connectivity index is 2.01. The predicted molar refractivity (Wildman–Crippen MR) is 78.9 cm³/mol. The molecule has 1 aliphatic carbocycles. The van der Waals surface area contributed by atoms with Crippen LogP contribution in [0.2, 0.25) is 0 Å². The Bertz CT molecular complexity index is 373. The molecule has 0 aromatic rings. The summed E-state index contributed by atoms with van der Waals surface area (Å²) in [6.07, 6.45) is 4.92. The number of carbonyl (C=O) groups is 1. The maximum absolute atomic E-state index is 12.3. The molecule has 0 bridgehead atoms. The van der Waals surface area contributed by atoms with E-state index < -0.39 is 0 Å². The average Bonchev–Trinajstić information content (AvgIpc) is 2.25. The highest BCUT2D eigenvalue weighted by molar-refractivity contribution is 5.94. The molecule has 1 saturated heterocycles. The lowest BCUT2D eigenvalue weighted by atomic mass is 9.69. The fraction of sp³-hybridized carbons (Fsp3) is 0.812. The summed E-state index contributed by atoms with van der Waals surface area (Å²) >= 11 is 0. The van der Waals surface area contributed by atoms with E-state index in [0.717, 1.165) is 25.1 Å². The summed E-state index contributed by atoms with van der Waals surface area (Å²) in [5, 5.41) is 6.50. The number of hydrogen-bond acceptors (Lipinski definition) is 2. The molecule has 2 unspecified atom stereocenters. The van der Waals surface area contributed by atoms with Gasteiger partial charge in [0, 0.05) is 24.7 Å². The SMILES string of the molecule is CC(C(=O)NC1CCCCC1C(C)(C)C)=C1CNC1. The molecule has 0 radical (unpaired) electrons. The molecule has 1 amide bonds. The van der Waals surface area contributed by atoms with Crippen LogP contribution in [0.15, 0.2) is 11.1 Å². The maximum Gasteiger partial charge on any atom is 0.247 e. The normalized spacial score (nSPS) is 27.7. The van der Waals surface area contributed by atoms with Gasteiger partial charge in [0.15, 0.2) is 0 Å². The molecule has 0 aromatic heterocycles. The van der Waals surface area contributed by atoms with Crippen molar-refractivity contribution in [3.63, 3.8) is 0 Å². The van der Waals surface area contributed by atoms with E-state index in [9.17, 15) is 4.79 Å². The molecular weight excluding hydrogens is 236 g/mol. The number of nitrogens with one attached hydrogen (secondary N) is 2. The van der Waals surface area contributed by atoms with Gasteiger partial charge in [0.1, 0.15) is 0 Å². The summed E-state index contributed by atoms with van der Waals surface area (Å²) in [6.45, 7) is 10.6. The zero-order chi connectivity index (χ0) is 14.0. The van der Waals surface area contributed by atoms with Gasteiger partial charge in [0.05, 0.1) is 0 Å². The third kappa shape index (κ3) is 3.38. The van der Waals surface area contributed by atoms with Gasteiger partial charge in [-0.25, -0.2) is 0 Å². The molecule has 0 aromatic carbocycles. The van der Waals surface area contributed by atoms with Crippen molar-refractivity contribution < 1.29 is 4.79 Å². The van der Waals surface area contributed by atoms with Crippen LogP contribution in [0, 0.1) is 11.3 Å². The number of amides is 1. The monoisotopic (exact) mass is 264 g/mol. The molecule has 1 saturated carbocycles. The molecule has 2 aliphatic rings. The minimum atomic E-state index is 0.151. The highest BCUT2D eigenvalue weighted by Crippen LogP contribution is 2.38. The molecule has 108 valence electrons. The van der Waals surface area contributed by atoms with Crippen molar-refractivity contribution in [3.8, 4) is 0 Å². The van der Waals surface area contributed by atoms with Crippen LogP contribution in [-0.2, 0) is 4.79 Å². The molecule has 2 N–H and O–H groups in total. The Labute approximate surface area is 117 Å². The van der Waals surface area contributed by atoms with Gasteiger partial charge in [-0.2, -0.15) is 0 Å². The van der Waals surface area contributed by atoms with Gasteiger partial charge in [-0.15, -0.1) is 0 Å². The first-order valence-electron chi connectivity index (χ1n) is 7.60. The molecule has 3 nitrogen and oxygen atoms in total. The van der Waals surface area contributed by atoms with Crippen LogP contribution < -0.4 is 10.6 Å². The molecule has 2 rings (SSSR count). The van der Waals surface area contributed by atoms with Gasteiger partial charge in [-0.05, 0) is 36.7 Å². The van der Waals surface area contributed by atoms with Crippen LogP contribution in [0.4, 0.5) is 0 Å². The Hall–Kier alpha value is -0.830. The van der Waals surface area contributed by atoms with Gasteiger partial charge in [-0.1, -0.05) is 33.6 Å². The first kappa shape index (κ1) is 14.6. The summed E-state index contributed by atoms with van der Waals surface area (Å²) < 4.78 is 0. The molecule has 2 fully saturated rings. The van der Waals surface area contributed by atoms with Crippen LogP contribution in [-0.4, -0.2) is 25.0 Å². The molecule has 2 atom stereocenters. The summed E-state index contributed by atoms with van der Waals surface area (Å²) in [5.41, 5.74) is 2.47. The van der Waals surface area contributed by atoms with Crippen LogP contribution in [0.1, 0.15) is 53.4 Å². The fourth-order valence-corrected chi connectivity index (χ4v) is 3.29. The molecule has 19 heavy (non-hydrogen) atoms. The van der Waals surface area contributed by atoms with E-state index >= 15 is 0 Å². The van der Waals surface area contributed by atoms with Crippen molar-refractivity contribution in [2.24, 2.45) is 11.3 Å². The summed E-state index contributed by atoms with van der Waals surface area (Å²) in [5.74, 6) is 0.750. The second-order valence-corrected chi connectivity index (χ2v) is 7.17. The second-order valence-electron chi connectivity index (χ2n) is 7.17. The van der Waals surface area contributed by atoms with Crippen LogP contribution >= 0.6 is 0 Å². The van der Waals surface area contributed by atoms with Crippen molar-refractivity contribution >= 4 is 5.91 Å². The third-order valence-electron chi connectivity index (χ3n) is 4.74. The Morgan fingerprint density at radius 1 is 1.21 bits per heavy atom. The summed E-state index contributed by atoms with van der Waals surface area (Å²) in [4.78, 5) is 12.3. The largest absolute Gasteiger partial charge is 0.349 e. The van der Waals surface area contributed by atoms with E-state index in [2.05, 4.69) is 31.4 Å². The highest BCUT2D eigenvalue weighted by atomic mass is 16.1. The van der Waals surface area contributed by atoms with Crippen molar-refractivity contribution in [2.75, 3.05) is 13.1 Å². The number of rotatable bonds is 2. The Morgan fingerprint density at radius 3 is 2.37 bits per heavy atom.